The molecule has 6 heteroatoms. The number of rotatable bonds is 3. The van der Waals surface area contributed by atoms with E-state index in [2.05, 4.69) is 54.6 Å². The van der Waals surface area contributed by atoms with Gasteiger partial charge in [-0.05, 0) is 64.0 Å². The number of hydrogen-bond acceptors (Lipinski definition) is 5. The summed E-state index contributed by atoms with van der Waals surface area (Å²) in [7, 11) is 0. The molecule has 0 aliphatic rings. The highest BCUT2D eigenvalue weighted by Crippen LogP contribution is 2.41. The van der Waals surface area contributed by atoms with Gasteiger partial charge in [-0.25, -0.2) is 15.0 Å². The van der Waals surface area contributed by atoms with Crippen LogP contribution in [-0.4, -0.2) is 15.0 Å². The predicted molar refractivity (Wildman–Crippen MR) is 191 cm³/mol. The van der Waals surface area contributed by atoms with Gasteiger partial charge >= 0.3 is 0 Å². The van der Waals surface area contributed by atoms with E-state index in [1.165, 1.54) is 0 Å². The van der Waals surface area contributed by atoms with Crippen molar-refractivity contribution < 1.29 is 8.83 Å². The van der Waals surface area contributed by atoms with Crippen LogP contribution >= 0.6 is 11.6 Å². The van der Waals surface area contributed by atoms with Gasteiger partial charge < -0.3 is 8.83 Å². The van der Waals surface area contributed by atoms with Crippen molar-refractivity contribution in [1.82, 2.24) is 15.0 Å². The second-order valence-corrected chi connectivity index (χ2v) is 12.2. The molecule has 0 spiro atoms. The SMILES string of the molecule is Clc1ccc2ccc3oc4c(-c5nc(-c6ccc7ccccc7c6)nc(-c6cccc7c6oc6ccccc67)n5)cccc4c3c2c1. The highest BCUT2D eigenvalue weighted by atomic mass is 35.5. The Balaban J connectivity index is 1.26. The van der Waals surface area contributed by atoms with Gasteiger partial charge in [-0.2, -0.15) is 0 Å². The Hall–Kier alpha value is -6.04. The maximum absolute atomic E-state index is 6.58. The summed E-state index contributed by atoms with van der Waals surface area (Å²) < 4.78 is 13.0. The topological polar surface area (TPSA) is 65.0 Å². The van der Waals surface area contributed by atoms with Gasteiger partial charge in [0.2, 0.25) is 0 Å². The third-order valence-electron chi connectivity index (χ3n) is 8.97. The van der Waals surface area contributed by atoms with Crippen LogP contribution in [0.2, 0.25) is 5.02 Å². The lowest BCUT2D eigenvalue weighted by atomic mass is 10.0. The summed E-state index contributed by atoms with van der Waals surface area (Å²) in [6.07, 6.45) is 0. The van der Waals surface area contributed by atoms with E-state index in [9.17, 15) is 0 Å². The summed E-state index contributed by atoms with van der Waals surface area (Å²) in [5, 5.41) is 9.11. The van der Waals surface area contributed by atoms with Gasteiger partial charge in [0, 0.05) is 32.1 Å². The molecule has 0 fully saturated rings. The molecule has 0 aliphatic carbocycles. The van der Waals surface area contributed by atoms with Crippen LogP contribution in [0.15, 0.2) is 142 Å². The van der Waals surface area contributed by atoms with Crippen LogP contribution in [0.25, 0.3) is 99.6 Å². The number of hydrogen-bond donors (Lipinski definition) is 0. The zero-order valence-electron chi connectivity index (χ0n) is 24.7. The first-order valence-electron chi connectivity index (χ1n) is 15.4. The minimum atomic E-state index is 0.512. The number of para-hydroxylation sites is 3. The fraction of sp³-hybridized carbons (Fsp3) is 0. The molecular weight excluding hydrogens is 602 g/mol. The van der Waals surface area contributed by atoms with Crippen LogP contribution in [0.5, 0.6) is 0 Å². The minimum absolute atomic E-state index is 0.512. The van der Waals surface area contributed by atoms with Crippen LogP contribution in [0, 0.1) is 0 Å². The lowest BCUT2D eigenvalue weighted by Crippen LogP contribution is -2.00. The molecule has 5 nitrogen and oxygen atoms in total. The fourth-order valence-electron chi connectivity index (χ4n) is 6.76. The van der Waals surface area contributed by atoms with Crippen LogP contribution in [0.1, 0.15) is 0 Å². The number of halogens is 1. The Kier molecular flexibility index (Phi) is 5.56. The van der Waals surface area contributed by atoms with E-state index in [0.717, 1.165) is 76.5 Å². The van der Waals surface area contributed by atoms with Crippen LogP contribution < -0.4 is 0 Å². The first-order chi connectivity index (χ1) is 23.2. The minimum Gasteiger partial charge on any atom is -0.455 e. The molecule has 0 aliphatic heterocycles. The third-order valence-corrected chi connectivity index (χ3v) is 9.21. The van der Waals surface area contributed by atoms with Crippen molar-refractivity contribution in [3.63, 3.8) is 0 Å². The van der Waals surface area contributed by atoms with Gasteiger partial charge in [0.25, 0.3) is 0 Å². The first kappa shape index (κ1) is 26.2. The van der Waals surface area contributed by atoms with Crippen molar-refractivity contribution in [1.29, 1.82) is 0 Å². The van der Waals surface area contributed by atoms with Gasteiger partial charge in [-0.3, -0.25) is 0 Å². The van der Waals surface area contributed by atoms with Gasteiger partial charge in [-0.1, -0.05) is 103 Å². The molecule has 0 bridgehead atoms. The normalized spacial score (nSPS) is 11.9. The van der Waals surface area contributed by atoms with Crippen molar-refractivity contribution in [2.45, 2.75) is 0 Å². The summed E-state index contributed by atoms with van der Waals surface area (Å²) in [5.74, 6) is 1.60. The van der Waals surface area contributed by atoms with E-state index in [4.69, 9.17) is 35.4 Å². The molecule has 0 amide bonds. The van der Waals surface area contributed by atoms with Crippen molar-refractivity contribution in [3.8, 4) is 34.2 Å². The highest BCUT2D eigenvalue weighted by Gasteiger charge is 2.21. The summed E-state index contributed by atoms with van der Waals surface area (Å²) in [6.45, 7) is 0. The molecule has 10 aromatic rings. The summed E-state index contributed by atoms with van der Waals surface area (Å²) in [4.78, 5) is 15.3. The maximum Gasteiger partial charge on any atom is 0.167 e. The van der Waals surface area contributed by atoms with E-state index in [1.54, 1.807) is 0 Å². The molecule has 47 heavy (non-hydrogen) atoms. The van der Waals surface area contributed by atoms with Gasteiger partial charge in [0.15, 0.2) is 17.5 Å². The molecule has 0 saturated heterocycles. The number of nitrogens with zero attached hydrogens (tertiary/aromatic N) is 3. The van der Waals surface area contributed by atoms with E-state index in [0.29, 0.717) is 28.1 Å². The predicted octanol–water partition coefficient (Wildman–Crippen LogP) is 11.6. The molecule has 0 radical (unpaired) electrons. The Morgan fingerprint density at radius 3 is 1.91 bits per heavy atom. The fourth-order valence-corrected chi connectivity index (χ4v) is 6.93. The molecule has 10 rings (SSSR count). The second-order valence-electron chi connectivity index (χ2n) is 11.7. The Labute approximate surface area is 272 Å². The second kappa shape index (κ2) is 9.98. The Morgan fingerprint density at radius 2 is 1.06 bits per heavy atom. The van der Waals surface area contributed by atoms with Crippen molar-refractivity contribution in [2.75, 3.05) is 0 Å². The maximum atomic E-state index is 6.58. The van der Waals surface area contributed by atoms with Crippen LogP contribution in [0.3, 0.4) is 0 Å². The zero-order valence-corrected chi connectivity index (χ0v) is 25.5. The van der Waals surface area contributed by atoms with Crippen molar-refractivity contribution in [3.05, 3.63) is 138 Å². The molecular formula is C41H22ClN3O2. The van der Waals surface area contributed by atoms with Gasteiger partial charge in [-0.15, -0.1) is 0 Å². The Morgan fingerprint density at radius 1 is 0.426 bits per heavy atom. The quantitative estimate of drug-likeness (QED) is 0.196. The van der Waals surface area contributed by atoms with E-state index < -0.39 is 0 Å². The largest absolute Gasteiger partial charge is 0.455 e. The molecule has 3 heterocycles. The molecule has 0 atom stereocenters. The average molecular weight is 624 g/mol. The van der Waals surface area contributed by atoms with Crippen LogP contribution in [-0.2, 0) is 0 Å². The summed E-state index contributed by atoms with van der Waals surface area (Å²) >= 11 is 6.45. The van der Waals surface area contributed by atoms with E-state index in [1.807, 2.05) is 78.9 Å². The zero-order chi connectivity index (χ0) is 31.1. The first-order valence-corrected chi connectivity index (χ1v) is 15.8. The number of aromatic nitrogens is 3. The van der Waals surface area contributed by atoms with Gasteiger partial charge in [0.05, 0.1) is 11.1 Å². The highest BCUT2D eigenvalue weighted by molar-refractivity contribution is 6.32. The van der Waals surface area contributed by atoms with Gasteiger partial charge in [0.1, 0.15) is 22.3 Å². The van der Waals surface area contributed by atoms with Crippen molar-refractivity contribution in [2.24, 2.45) is 0 Å². The number of fused-ring (bicyclic) bond motifs is 9. The number of benzene rings is 7. The summed E-state index contributed by atoms with van der Waals surface area (Å²) in [5.41, 5.74) is 5.50. The number of furan rings is 2. The molecule has 0 N–H and O–H groups in total. The smallest absolute Gasteiger partial charge is 0.167 e. The van der Waals surface area contributed by atoms with E-state index >= 15 is 0 Å². The Bertz CT molecular complexity index is 2890. The standard InChI is InChI=1S/C41H22ClN3O2/c42-27-19-17-24-18-20-35-36(33(24)22-27)30-11-6-13-32(38(30)47-35)41-44-39(26-16-15-23-7-1-2-8-25(23)21-26)43-40(45-41)31-12-5-10-29-28-9-3-4-14-34(28)46-37(29)31/h1-22H. The molecule has 0 saturated carbocycles. The lowest BCUT2D eigenvalue weighted by molar-refractivity contribution is 0.669. The average Bonchev–Trinajstić information content (AvgIpc) is 3.70. The molecule has 3 aromatic heterocycles. The molecule has 7 aromatic carbocycles. The summed E-state index contributed by atoms with van der Waals surface area (Å²) in [6, 6.07) is 44.8. The third kappa shape index (κ3) is 4.07. The molecule has 220 valence electrons. The monoisotopic (exact) mass is 623 g/mol. The van der Waals surface area contributed by atoms with Crippen molar-refractivity contribution >= 4 is 77.0 Å². The lowest BCUT2D eigenvalue weighted by Gasteiger charge is -2.10. The van der Waals surface area contributed by atoms with Crippen LogP contribution in [0.4, 0.5) is 0 Å². The molecule has 0 unspecified atom stereocenters. The van der Waals surface area contributed by atoms with E-state index in [-0.39, 0.29) is 0 Å².